The molecule has 92 valence electrons. The van der Waals surface area contributed by atoms with Gasteiger partial charge in [-0.15, -0.1) is 11.6 Å². The highest BCUT2D eigenvalue weighted by molar-refractivity contribution is 7.99. The van der Waals surface area contributed by atoms with Crippen molar-refractivity contribution in [1.82, 2.24) is 9.78 Å². The summed E-state index contributed by atoms with van der Waals surface area (Å²) in [6, 6.07) is 0. The number of nitrogens with zero attached hydrogens (tertiary/aromatic N) is 2. The lowest BCUT2D eigenvalue weighted by molar-refractivity contribution is 0.719. The molecule has 0 bridgehead atoms. The molecule has 1 rings (SSSR count). The second-order valence-electron chi connectivity index (χ2n) is 3.78. The zero-order valence-corrected chi connectivity index (χ0v) is 12.3. The number of alkyl halides is 1. The highest BCUT2D eigenvalue weighted by Crippen LogP contribution is 2.27. The fourth-order valence-electron chi connectivity index (χ4n) is 1.43. The third-order valence-electron chi connectivity index (χ3n) is 2.52. The van der Waals surface area contributed by atoms with Crippen LogP contribution in [-0.2, 0) is 19.2 Å². The molecule has 1 heterocycles. The molecule has 0 spiro atoms. The van der Waals surface area contributed by atoms with Gasteiger partial charge in [0.05, 0.1) is 16.4 Å². The van der Waals surface area contributed by atoms with Crippen LogP contribution in [0.3, 0.4) is 0 Å². The van der Waals surface area contributed by atoms with Crippen molar-refractivity contribution in [2.75, 3.05) is 5.88 Å². The summed E-state index contributed by atoms with van der Waals surface area (Å²) in [6.07, 6.45) is 1.91. The Hall–Kier alpha value is 0.140. The van der Waals surface area contributed by atoms with E-state index in [0.717, 1.165) is 35.0 Å². The van der Waals surface area contributed by atoms with Gasteiger partial charge in [-0.25, -0.2) is 0 Å². The number of aromatic nitrogens is 2. The van der Waals surface area contributed by atoms with Crippen LogP contribution < -0.4 is 0 Å². The van der Waals surface area contributed by atoms with Crippen LogP contribution in [-0.4, -0.2) is 20.9 Å². The van der Waals surface area contributed by atoms with Gasteiger partial charge >= 0.3 is 0 Å². The molecule has 0 saturated heterocycles. The summed E-state index contributed by atoms with van der Waals surface area (Å²) in [7, 11) is 1.95. The number of hydrogen-bond acceptors (Lipinski definition) is 2. The number of hydrogen-bond donors (Lipinski definition) is 0. The highest BCUT2D eigenvalue weighted by Gasteiger charge is 2.13. The second-order valence-corrected chi connectivity index (χ2v) is 5.97. The first kappa shape index (κ1) is 14.2. The fraction of sp³-hybridized carbons (Fsp3) is 0.727. The van der Waals surface area contributed by atoms with Crippen LogP contribution in [0.5, 0.6) is 0 Å². The van der Waals surface area contributed by atoms with Gasteiger partial charge in [-0.2, -0.15) is 16.9 Å². The predicted molar refractivity (Wildman–Crippen MR) is 73.7 cm³/mol. The molecule has 16 heavy (non-hydrogen) atoms. The van der Waals surface area contributed by atoms with E-state index in [1.165, 1.54) is 0 Å². The van der Waals surface area contributed by atoms with E-state index in [1.54, 1.807) is 0 Å². The van der Waals surface area contributed by atoms with Gasteiger partial charge in [-0.1, -0.05) is 25.4 Å². The molecule has 0 aliphatic heterocycles. The van der Waals surface area contributed by atoms with Crippen molar-refractivity contribution in [2.24, 2.45) is 7.05 Å². The van der Waals surface area contributed by atoms with E-state index < -0.39 is 0 Å². The van der Waals surface area contributed by atoms with Crippen LogP contribution in [0.15, 0.2) is 0 Å². The van der Waals surface area contributed by atoms with Gasteiger partial charge in [0, 0.05) is 23.9 Å². The van der Waals surface area contributed by atoms with Gasteiger partial charge in [-0.3, -0.25) is 4.68 Å². The van der Waals surface area contributed by atoms with Crippen molar-refractivity contribution in [1.29, 1.82) is 0 Å². The minimum atomic E-state index is 0.563. The molecule has 0 aliphatic carbocycles. The van der Waals surface area contributed by atoms with Crippen molar-refractivity contribution < 1.29 is 0 Å². The van der Waals surface area contributed by atoms with Gasteiger partial charge in [0.15, 0.2) is 0 Å². The lowest BCUT2D eigenvalue weighted by Crippen LogP contribution is -2.01. The lowest BCUT2D eigenvalue weighted by atomic mass is 10.3. The van der Waals surface area contributed by atoms with Crippen molar-refractivity contribution in [2.45, 2.75) is 37.7 Å². The summed E-state index contributed by atoms with van der Waals surface area (Å²) in [6.45, 7) is 4.26. The van der Waals surface area contributed by atoms with E-state index in [-0.39, 0.29) is 0 Å². The van der Waals surface area contributed by atoms with Gasteiger partial charge in [0.25, 0.3) is 0 Å². The smallest absolute Gasteiger partial charge is 0.0858 e. The number of rotatable bonds is 6. The molecule has 1 aromatic heterocycles. The normalized spacial score (nSPS) is 13.1. The standard InChI is InChI=1S/C11H18Cl2N2S/c1-4-9-11(13)10(15(3)14-9)7-16-8(2)5-6-12/h8H,4-7H2,1-3H3. The molecular weight excluding hydrogens is 263 g/mol. The molecule has 1 aromatic rings. The third-order valence-corrected chi connectivity index (χ3v) is 4.42. The first-order chi connectivity index (χ1) is 7.60. The average molecular weight is 281 g/mol. The number of thioether (sulfide) groups is 1. The molecule has 5 heteroatoms. The zero-order valence-electron chi connectivity index (χ0n) is 9.96. The minimum absolute atomic E-state index is 0.563. The molecule has 1 unspecified atom stereocenters. The third kappa shape index (κ3) is 3.57. The molecule has 0 amide bonds. The molecule has 0 saturated carbocycles. The molecule has 0 N–H and O–H groups in total. The Bertz CT molecular complexity index is 339. The summed E-state index contributed by atoms with van der Waals surface area (Å²) >= 11 is 13.9. The van der Waals surface area contributed by atoms with Gasteiger partial charge in [0.2, 0.25) is 0 Å². The Morgan fingerprint density at radius 3 is 2.69 bits per heavy atom. The van der Waals surface area contributed by atoms with E-state index in [1.807, 2.05) is 23.5 Å². The average Bonchev–Trinajstić information content (AvgIpc) is 2.52. The second kappa shape index (κ2) is 6.77. The monoisotopic (exact) mass is 280 g/mol. The molecule has 1 atom stereocenters. The van der Waals surface area contributed by atoms with E-state index in [2.05, 4.69) is 18.9 Å². The lowest BCUT2D eigenvalue weighted by Gasteiger charge is -2.09. The maximum absolute atomic E-state index is 6.27. The fourth-order valence-corrected chi connectivity index (χ4v) is 3.39. The van der Waals surface area contributed by atoms with Gasteiger partial charge < -0.3 is 0 Å². The molecule has 2 nitrogen and oxygen atoms in total. The summed E-state index contributed by atoms with van der Waals surface area (Å²) in [5.41, 5.74) is 2.11. The van der Waals surface area contributed by atoms with E-state index in [9.17, 15) is 0 Å². The molecule has 0 radical (unpaired) electrons. The highest BCUT2D eigenvalue weighted by atomic mass is 35.5. The van der Waals surface area contributed by atoms with Crippen molar-refractivity contribution in [3.05, 3.63) is 16.4 Å². The Labute approximate surface area is 112 Å². The summed E-state index contributed by atoms with van der Waals surface area (Å²) < 4.78 is 1.89. The SMILES string of the molecule is CCc1nn(C)c(CSC(C)CCCl)c1Cl. The van der Waals surface area contributed by atoms with Crippen molar-refractivity contribution in [3.63, 3.8) is 0 Å². The van der Waals surface area contributed by atoms with Gasteiger partial charge in [-0.05, 0) is 12.8 Å². The Kier molecular flexibility index (Phi) is 6.01. The van der Waals surface area contributed by atoms with Crippen LogP contribution in [0.25, 0.3) is 0 Å². The van der Waals surface area contributed by atoms with Crippen LogP contribution in [0, 0.1) is 0 Å². The van der Waals surface area contributed by atoms with Crippen LogP contribution >= 0.6 is 35.0 Å². The number of aryl methyl sites for hydroxylation is 2. The topological polar surface area (TPSA) is 17.8 Å². The molecule has 0 aliphatic rings. The maximum atomic E-state index is 6.27. The van der Waals surface area contributed by atoms with Crippen molar-refractivity contribution >= 4 is 35.0 Å². The molecule has 0 fully saturated rings. The molecular formula is C11H18Cl2N2S. The summed E-state index contributed by atoms with van der Waals surface area (Å²) in [5.74, 6) is 1.62. The largest absolute Gasteiger partial charge is 0.270 e. The summed E-state index contributed by atoms with van der Waals surface area (Å²) in [5, 5.41) is 5.79. The minimum Gasteiger partial charge on any atom is -0.270 e. The van der Waals surface area contributed by atoms with Crippen LogP contribution in [0.4, 0.5) is 0 Å². The maximum Gasteiger partial charge on any atom is 0.0858 e. The van der Waals surface area contributed by atoms with E-state index >= 15 is 0 Å². The Balaban J connectivity index is 2.63. The van der Waals surface area contributed by atoms with Crippen LogP contribution in [0.1, 0.15) is 31.7 Å². The van der Waals surface area contributed by atoms with E-state index in [4.69, 9.17) is 23.2 Å². The van der Waals surface area contributed by atoms with Crippen molar-refractivity contribution in [3.8, 4) is 0 Å². The number of halogens is 2. The predicted octanol–water partition coefficient (Wildman–Crippen LogP) is 3.89. The van der Waals surface area contributed by atoms with Crippen LogP contribution in [0.2, 0.25) is 5.02 Å². The molecule has 0 aromatic carbocycles. The first-order valence-electron chi connectivity index (χ1n) is 5.47. The quantitative estimate of drug-likeness (QED) is 0.736. The Morgan fingerprint density at radius 1 is 1.50 bits per heavy atom. The van der Waals surface area contributed by atoms with Gasteiger partial charge in [0.1, 0.15) is 0 Å². The first-order valence-corrected chi connectivity index (χ1v) is 7.44. The summed E-state index contributed by atoms with van der Waals surface area (Å²) in [4.78, 5) is 0. The zero-order chi connectivity index (χ0) is 12.1. The van der Waals surface area contributed by atoms with E-state index in [0.29, 0.717) is 11.1 Å². The Morgan fingerprint density at radius 2 is 2.19 bits per heavy atom.